The lowest BCUT2D eigenvalue weighted by atomic mass is 10.1. The molecular weight excluding hydrogens is 176 g/mol. The Hall–Kier alpha value is -1.64. The zero-order chi connectivity index (χ0) is 10.6. The standard InChI is InChI=1S/C11H14N2O/c1-8-4-6-11(7-5-8)9(2)12-13-10(3)14/h4-7H,1-3H3,(H,13,14)/b12-9+. The minimum atomic E-state index is -0.156. The fraction of sp³-hybridized carbons (Fsp3) is 0.273. The summed E-state index contributed by atoms with van der Waals surface area (Å²) < 4.78 is 0. The summed E-state index contributed by atoms with van der Waals surface area (Å²) in [4.78, 5) is 10.6. The Morgan fingerprint density at radius 2 is 1.79 bits per heavy atom. The molecule has 0 unspecified atom stereocenters. The van der Waals surface area contributed by atoms with Crippen LogP contribution in [-0.4, -0.2) is 11.6 Å². The number of hydrazone groups is 1. The van der Waals surface area contributed by atoms with Crippen molar-refractivity contribution in [2.45, 2.75) is 20.8 Å². The van der Waals surface area contributed by atoms with Crippen LogP contribution < -0.4 is 5.43 Å². The molecule has 1 amide bonds. The summed E-state index contributed by atoms with van der Waals surface area (Å²) in [5, 5.41) is 3.94. The molecule has 0 aromatic heterocycles. The van der Waals surface area contributed by atoms with Crippen molar-refractivity contribution < 1.29 is 4.79 Å². The monoisotopic (exact) mass is 190 g/mol. The molecule has 0 aliphatic carbocycles. The van der Waals surface area contributed by atoms with Gasteiger partial charge >= 0.3 is 0 Å². The van der Waals surface area contributed by atoms with Gasteiger partial charge < -0.3 is 0 Å². The number of rotatable bonds is 2. The van der Waals surface area contributed by atoms with Crippen molar-refractivity contribution in [2.75, 3.05) is 0 Å². The molecule has 74 valence electrons. The van der Waals surface area contributed by atoms with E-state index >= 15 is 0 Å². The third kappa shape index (κ3) is 3.01. The van der Waals surface area contributed by atoms with Crippen molar-refractivity contribution in [3.05, 3.63) is 35.4 Å². The molecule has 14 heavy (non-hydrogen) atoms. The van der Waals surface area contributed by atoms with Crippen LogP contribution in [0.2, 0.25) is 0 Å². The Balaban J connectivity index is 2.78. The van der Waals surface area contributed by atoms with Gasteiger partial charge in [-0.25, -0.2) is 5.43 Å². The van der Waals surface area contributed by atoms with Crippen molar-refractivity contribution in [2.24, 2.45) is 5.10 Å². The first-order chi connectivity index (χ1) is 6.59. The molecule has 0 atom stereocenters. The number of amides is 1. The average molecular weight is 190 g/mol. The van der Waals surface area contributed by atoms with Crippen LogP contribution in [0.1, 0.15) is 25.0 Å². The smallest absolute Gasteiger partial charge is 0.236 e. The van der Waals surface area contributed by atoms with Crippen LogP contribution in [0.5, 0.6) is 0 Å². The summed E-state index contributed by atoms with van der Waals surface area (Å²) in [5.41, 5.74) is 5.44. The molecule has 1 aromatic rings. The van der Waals surface area contributed by atoms with Crippen LogP contribution in [0.3, 0.4) is 0 Å². The summed E-state index contributed by atoms with van der Waals surface area (Å²) in [5.74, 6) is -0.156. The summed E-state index contributed by atoms with van der Waals surface area (Å²) in [6, 6.07) is 8.00. The highest BCUT2D eigenvalue weighted by molar-refractivity contribution is 5.99. The Morgan fingerprint density at radius 1 is 1.21 bits per heavy atom. The normalized spacial score (nSPS) is 11.2. The van der Waals surface area contributed by atoms with E-state index in [4.69, 9.17) is 0 Å². The first-order valence-electron chi connectivity index (χ1n) is 4.47. The number of aryl methyl sites for hydroxylation is 1. The highest BCUT2D eigenvalue weighted by Gasteiger charge is 1.96. The average Bonchev–Trinajstić information content (AvgIpc) is 2.15. The zero-order valence-electron chi connectivity index (χ0n) is 8.66. The molecule has 0 bridgehead atoms. The van der Waals surface area contributed by atoms with Gasteiger partial charge in [0.05, 0.1) is 5.71 Å². The molecule has 0 spiro atoms. The second-order valence-electron chi connectivity index (χ2n) is 3.23. The van der Waals surface area contributed by atoms with Crippen LogP contribution in [0.4, 0.5) is 0 Å². The third-order valence-electron chi connectivity index (χ3n) is 1.85. The van der Waals surface area contributed by atoms with E-state index in [0.29, 0.717) is 0 Å². The van der Waals surface area contributed by atoms with E-state index in [1.165, 1.54) is 12.5 Å². The first-order valence-corrected chi connectivity index (χ1v) is 4.47. The maximum Gasteiger partial charge on any atom is 0.236 e. The number of carbonyl (C=O) groups is 1. The van der Waals surface area contributed by atoms with Gasteiger partial charge in [0.2, 0.25) is 5.91 Å². The summed E-state index contributed by atoms with van der Waals surface area (Å²) >= 11 is 0. The largest absolute Gasteiger partial charge is 0.274 e. The van der Waals surface area contributed by atoms with Gasteiger partial charge in [-0.3, -0.25) is 4.79 Å². The van der Waals surface area contributed by atoms with Gasteiger partial charge in [-0.15, -0.1) is 0 Å². The van der Waals surface area contributed by atoms with E-state index in [-0.39, 0.29) is 5.91 Å². The van der Waals surface area contributed by atoms with Gasteiger partial charge in [0.1, 0.15) is 0 Å². The number of hydrogen-bond acceptors (Lipinski definition) is 2. The quantitative estimate of drug-likeness (QED) is 0.561. The summed E-state index contributed by atoms with van der Waals surface area (Å²) in [7, 11) is 0. The molecule has 0 fully saturated rings. The maximum absolute atomic E-state index is 10.6. The molecular formula is C11H14N2O. The fourth-order valence-electron chi connectivity index (χ4n) is 1.02. The van der Waals surface area contributed by atoms with Gasteiger partial charge in [0, 0.05) is 6.92 Å². The molecule has 3 nitrogen and oxygen atoms in total. The van der Waals surface area contributed by atoms with Gasteiger partial charge in [0.25, 0.3) is 0 Å². The molecule has 1 N–H and O–H groups in total. The summed E-state index contributed by atoms with van der Waals surface area (Å²) in [6.07, 6.45) is 0. The van der Waals surface area contributed by atoms with Gasteiger partial charge in [0.15, 0.2) is 0 Å². The van der Waals surface area contributed by atoms with Gasteiger partial charge in [-0.2, -0.15) is 5.10 Å². The number of nitrogens with one attached hydrogen (secondary N) is 1. The Kier molecular flexibility index (Phi) is 3.40. The van der Waals surface area contributed by atoms with Crippen LogP contribution in [-0.2, 0) is 4.79 Å². The molecule has 0 saturated carbocycles. The second kappa shape index (κ2) is 4.56. The lowest BCUT2D eigenvalue weighted by molar-refractivity contribution is -0.118. The van der Waals surface area contributed by atoms with Gasteiger partial charge in [-0.1, -0.05) is 29.8 Å². The van der Waals surface area contributed by atoms with Gasteiger partial charge in [-0.05, 0) is 19.4 Å². The SMILES string of the molecule is CC(=O)N/N=C(\C)c1ccc(C)cc1. The van der Waals surface area contributed by atoms with Crippen LogP contribution in [0.15, 0.2) is 29.4 Å². The molecule has 0 aliphatic rings. The van der Waals surface area contributed by atoms with Crippen molar-refractivity contribution in [1.82, 2.24) is 5.43 Å². The number of benzene rings is 1. The molecule has 0 saturated heterocycles. The van der Waals surface area contributed by atoms with Crippen LogP contribution in [0.25, 0.3) is 0 Å². The van der Waals surface area contributed by atoms with E-state index < -0.39 is 0 Å². The molecule has 0 radical (unpaired) electrons. The van der Waals surface area contributed by atoms with Crippen molar-refractivity contribution in [3.8, 4) is 0 Å². The predicted octanol–water partition coefficient (Wildman–Crippen LogP) is 1.86. The molecule has 1 aromatic carbocycles. The molecule has 0 heterocycles. The number of carbonyl (C=O) groups excluding carboxylic acids is 1. The van der Waals surface area contributed by atoms with Crippen LogP contribution in [0, 0.1) is 6.92 Å². The Morgan fingerprint density at radius 3 is 2.29 bits per heavy atom. The topological polar surface area (TPSA) is 41.5 Å². The minimum Gasteiger partial charge on any atom is -0.274 e. The van der Waals surface area contributed by atoms with E-state index in [1.807, 2.05) is 38.1 Å². The second-order valence-corrected chi connectivity index (χ2v) is 3.23. The zero-order valence-corrected chi connectivity index (χ0v) is 8.66. The van der Waals surface area contributed by atoms with Crippen LogP contribution >= 0.6 is 0 Å². The van der Waals surface area contributed by atoms with Crippen molar-refractivity contribution in [3.63, 3.8) is 0 Å². The lowest BCUT2D eigenvalue weighted by Gasteiger charge is -2.01. The first kappa shape index (κ1) is 10.4. The minimum absolute atomic E-state index is 0.156. The molecule has 0 aliphatic heterocycles. The van der Waals surface area contributed by atoms with E-state index in [1.54, 1.807) is 0 Å². The van der Waals surface area contributed by atoms with E-state index in [9.17, 15) is 4.79 Å². The molecule has 3 heteroatoms. The Bertz CT molecular complexity index is 352. The summed E-state index contributed by atoms with van der Waals surface area (Å²) in [6.45, 7) is 5.33. The highest BCUT2D eigenvalue weighted by atomic mass is 16.2. The fourth-order valence-corrected chi connectivity index (χ4v) is 1.02. The lowest BCUT2D eigenvalue weighted by Crippen LogP contribution is -2.14. The number of hydrogen-bond donors (Lipinski definition) is 1. The highest BCUT2D eigenvalue weighted by Crippen LogP contribution is 2.03. The predicted molar refractivity (Wildman–Crippen MR) is 57.2 cm³/mol. The van der Waals surface area contributed by atoms with E-state index in [2.05, 4.69) is 10.5 Å². The van der Waals surface area contributed by atoms with E-state index in [0.717, 1.165) is 11.3 Å². The Labute approximate surface area is 83.8 Å². The van der Waals surface area contributed by atoms with Crippen molar-refractivity contribution in [1.29, 1.82) is 0 Å². The molecule has 1 rings (SSSR count). The third-order valence-corrected chi connectivity index (χ3v) is 1.85. The maximum atomic E-state index is 10.6. The number of nitrogens with zero attached hydrogens (tertiary/aromatic N) is 1. The van der Waals surface area contributed by atoms with Crippen molar-refractivity contribution >= 4 is 11.6 Å².